The minimum atomic E-state index is -0.0989. The first-order chi connectivity index (χ1) is 13.7. The minimum Gasteiger partial charge on any atom is -0.338 e. The van der Waals surface area contributed by atoms with E-state index in [4.69, 9.17) is 4.52 Å². The molecule has 4 rings (SSSR count). The van der Waals surface area contributed by atoms with Crippen molar-refractivity contribution in [1.29, 1.82) is 0 Å². The van der Waals surface area contributed by atoms with Crippen molar-refractivity contribution in [1.82, 2.24) is 25.3 Å². The fourth-order valence-corrected chi connectivity index (χ4v) is 4.25. The molecule has 1 atom stereocenters. The third kappa shape index (κ3) is 4.52. The number of carbonyl (C=O) groups is 1. The van der Waals surface area contributed by atoms with Gasteiger partial charge in [0.25, 0.3) is 0 Å². The lowest BCUT2D eigenvalue weighted by Gasteiger charge is -2.29. The van der Waals surface area contributed by atoms with Crippen molar-refractivity contribution in [3.63, 3.8) is 0 Å². The lowest BCUT2D eigenvalue weighted by atomic mass is 10.1. The largest absolute Gasteiger partial charge is 0.338 e. The summed E-state index contributed by atoms with van der Waals surface area (Å²) in [6, 6.07) is 10.7. The van der Waals surface area contributed by atoms with Crippen LogP contribution in [-0.4, -0.2) is 51.6 Å². The van der Waals surface area contributed by atoms with Crippen LogP contribution in [0, 0.1) is 6.92 Å². The van der Waals surface area contributed by atoms with Crippen LogP contribution in [0.15, 0.2) is 34.9 Å². The normalized spacial score (nSPS) is 21.6. The molecule has 1 saturated carbocycles. The predicted molar refractivity (Wildman–Crippen MR) is 106 cm³/mol. The molecule has 0 bridgehead atoms. The van der Waals surface area contributed by atoms with Crippen LogP contribution in [0.1, 0.15) is 55.4 Å². The van der Waals surface area contributed by atoms with E-state index in [9.17, 15) is 4.79 Å². The maximum atomic E-state index is 12.9. The van der Waals surface area contributed by atoms with Crippen molar-refractivity contribution in [2.75, 3.05) is 19.6 Å². The predicted octanol–water partition coefficient (Wildman–Crippen LogP) is 3.28. The Hall–Kier alpha value is -2.41. The molecule has 150 valence electrons. The first-order valence-corrected chi connectivity index (χ1v) is 10.3. The Morgan fingerprint density at radius 3 is 2.68 bits per heavy atom. The van der Waals surface area contributed by atoms with Gasteiger partial charge in [0.15, 0.2) is 5.82 Å². The monoisotopic (exact) mass is 383 g/mol. The first kappa shape index (κ1) is 18.9. The second kappa shape index (κ2) is 8.73. The van der Waals surface area contributed by atoms with Gasteiger partial charge in [-0.1, -0.05) is 48.3 Å². The molecule has 2 fully saturated rings. The number of benzene rings is 1. The van der Waals surface area contributed by atoms with Gasteiger partial charge < -0.3 is 14.7 Å². The van der Waals surface area contributed by atoms with Gasteiger partial charge in [-0.25, -0.2) is 4.79 Å². The van der Waals surface area contributed by atoms with Crippen LogP contribution in [-0.2, 0) is 6.54 Å². The lowest BCUT2D eigenvalue weighted by molar-refractivity contribution is 0.140. The Kier molecular flexibility index (Phi) is 5.90. The van der Waals surface area contributed by atoms with E-state index >= 15 is 0 Å². The molecule has 28 heavy (non-hydrogen) atoms. The highest BCUT2D eigenvalue weighted by Crippen LogP contribution is 2.26. The zero-order valence-corrected chi connectivity index (χ0v) is 16.5. The van der Waals surface area contributed by atoms with Crippen molar-refractivity contribution in [2.45, 2.75) is 57.7 Å². The second-order valence-electron chi connectivity index (χ2n) is 7.88. The van der Waals surface area contributed by atoms with Gasteiger partial charge in [0, 0.05) is 32.2 Å². The number of urea groups is 1. The third-order valence-electron chi connectivity index (χ3n) is 5.73. The topological polar surface area (TPSA) is 74.5 Å². The number of nitrogens with one attached hydrogen (secondary N) is 1. The standard InChI is InChI=1S/C21H29N5O2/c1-16-22-20(28-24-16)19-15-26(21(27)23-18-10-5-6-11-18)13-7-12-25(19)14-17-8-3-2-4-9-17/h2-4,8-9,18-19H,5-7,10-15H2,1H3,(H,23,27). The number of nitrogens with zero attached hydrogens (tertiary/aromatic N) is 4. The molecule has 7 nitrogen and oxygen atoms in total. The summed E-state index contributed by atoms with van der Waals surface area (Å²) in [5, 5.41) is 7.21. The third-order valence-corrected chi connectivity index (χ3v) is 5.73. The zero-order chi connectivity index (χ0) is 19.3. The lowest BCUT2D eigenvalue weighted by Crippen LogP contribution is -2.46. The highest BCUT2D eigenvalue weighted by molar-refractivity contribution is 5.74. The van der Waals surface area contributed by atoms with E-state index in [0.29, 0.717) is 24.3 Å². The van der Waals surface area contributed by atoms with Crippen LogP contribution in [0.2, 0.25) is 0 Å². The summed E-state index contributed by atoms with van der Waals surface area (Å²) in [5.74, 6) is 1.22. The molecule has 1 saturated heterocycles. The summed E-state index contributed by atoms with van der Waals surface area (Å²) >= 11 is 0. The Bertz CT molecular complexity index is 772. The van der Waals surface area contributed by atoms with Crippen molar-refractivity contribution >= 4 is 6.03 Å². The van der Waals surface area contributed by atoms with E-state index in [1.807, 2.05) is 17.9 Å². The van der Waals surface area contributed by atoms with Gasteiger partial charge in [0.2, 0.25) is 5.89 Å². The number of rotatable bonds is 4. The molecule has 2 amide bonds. The van der Waals surface area contributed by atoms with Crippen LogP contribution in [0.5, 0.6) is 0 Å². The number of aryl methyl sites for hydroxylation is 1. The fourth-order valence-electron chi connectivity index (χ4n) is 4.25. The number of hydrogen-bond donors (Lipinski definition) is 1. The summed E-state index contributed by atoms with van der Waals surface area (Å²) in [6.07, 6.45) is 5.52. The smallest absolute Gasteiger partial charge is 0.317 e. The van der Waals surface area contributed by atoms with Crippen LogP contribution < -0.4 is 5.32 Å². The quantitative estimate of drug-likeness (QED) is 0.877. The van der Waals surface area contributed by atoms with Gasteiger partial charge in [-0.15, -0.1) is 0 Å². The van der Waals surface area contributed by atoms with Crippen molar-refractivity contribution in [2.24, 2.45) is 0 Å². The van der Waals surface area contributed by atoms with Crippen molar-refractivity contribution in [3.05, 3.63) is 47.6 Å². The molecule has 2 aliphatic rings. The van der Waals surface area contributed by atoms with Crippen LogP contribution in [0.25, 0.3) is 0 Å². The van der Waals surface area contributed by atoms with E-state index in [0.717, 1.165) is 38.9 Å². The molecule has 1 aliphatic carbocycles. The summed E-state index contributed by atoms with van der Waals surface area (Å²) < 4.78 is 5.53. The molecular weight excluding hydrogens is 354 g/mol. The number of aromatic nitrogens is 2. The maximum absolute atomic E-state index is 12.9. The minimum absolute atomic E-state index is 0.0368. The zero-order valence-electron chi connectivity index (χ0n) is 16.5. The fraction of sp³-hybridized carbons (Fsp3) is 0.571. The van der Waals surface area contributed by atoms with Gasteiger partial charge in [-0.3, -0.25) is 4.90 Å². The molecule has 1 aromatic carbocycles. The molecule has 7 heteroatoms. The van der Waals surface area contributed by atoms with Crippen molar-refractivity contribution in [3.8, 4) is 0 Å². The van der Waals surface area contributed by atoms with Crippen molar-refractivity contribution < 1.29 is 9.32 Å². The van der Waals surface area contributed by atoms with E-state index in [2.05, 4.69) is 44.6 Å². The van der Waals surface area contributed by atoms with Gasteiger partial charge >= 0.3 is 6.03 Å². The van der Waals surface area contributed by atoms with E-state index in [1.54, 1.807) is 0 Å². The van der Waals surface area contributed by atoms with E-state index in [-0.39, 0.29) is 12.1 Å². The van der Waals surface area contributed by atoms with Gasteiger partial charge in [-0.2, -0.15) is 4.98 Å². The van der Waals surface area contributed by atoms with Gasteiger partial charge in [-0.05, 0) is 31.7 Å². The molecule has 1 unspecified atom stereocenters. The van der Waals surface area contributed by atoms with Crippen LogP contribution >= 0.6 is 0 Å². The molecule has 2 aromatic rings. The van der Waals surface area contributed by atoms with Crippen LogP contribution in [0.3, 0.4) is 0 Å². The summed E-state index contributed by atoms with van der Waals surface area (Å²) in [7, 11) is 0. The number of amides is 2. The maximum Gasteiger partial charge on any atom is 0.317 e. The Balaban J connectivity index is 1.51. The summed E-state index contributed by atoms with van der Waals surface area (Å²) in [4.78, 5) is 21.6. The van der Waals surface area contributed by atoms with E-state index in [1.165, 1.54) is 18.4 Å². The highest BCUT2D eigenvalue weighted by Gasteiger charge is 2.33. The SMILES string of the molecule is Cc1noc(C2CN(C(=O)NC3CCCC3)CCCN2Cc2ccccc2)n1. The average molecular weight is 383 g/mol. The van der Waals surface area contributed by atoms with Crippen LogP contribution in [0.4, 0.5) is 4.79 Å². The number of hydrogen-bond acceptors (Lipinski definition) is 5. The molecule has 0 radical (unpaired) electrons. The molecule has 1 aromatic heterocycles. The average Bonchev–Trinajstić information content (AvgIpc) is 3.31. The molecule has 2 heterocycles. The summed E-state index contributed by atoms with van der Waals surface area (Å²) in [5.41, 5.74) is 1.24. The van der Waals surface area contributed by atoms with Gasteiger partial charge in [0.05, 0.1) is 0 Å². The summed E-state index contributed by atoms with van der Waals surface area (Å²) in [6.45, 7) is 4.81. The highest BCUT2D eigenvalue weighted by atomic mass is 16.5. The second-order valence-corrected chi connectivity index (χ2v) is 7.88. The Morgan fingerprint density at radius 1 is 1.18 bits per heavy atom. The van der Waals surface area contributed by atoms with Gasteiger partial charge in [0.1, 0.15) is 6.04 Å². The van der Waals surface area contributed by atoms with E-state index < -0.39 is 0 Å². The molecule has 1 N–H and O–H groups in total. The molecule has 0 spiro atoms. The molecular formula is C21H29N5O2. The Labute approximate surface area is 166 Å². The first-order valence-electron chi connectivity index (χ1n) is 10.3. The Morgan fingerprint density at radius 2 is 1.96 bits per heavy atom. The molecule has 1 aliphatic heterocycles. The number of carbonyl (C=O) groups excluding carboxylic acids is 1.